The second-order valence-corrected chi connectivity index (χ2v) is 9.93. The minimum absolute atomic E-state index is 0.0594. The lowest BCUT2D eigenvalue weighted by atomic mass is 9.87. The van der Waals surface area contributed by atoms with Gasteiger partial charge in [-0.05, 0) is 59.9 Å². The summed E-state index contributed by atoms with van der Waals surface area (Å²) >= 11 is 1.67. The number of hydrogen-bond donors (Lipinski definition) is 1. The molecule has 154 valence electrons. The van der Waals surface area contributed by atoms with Crippen molar-refractivity contribution in [1.29, 1.82) is 0 Å². The normalized spacial score (nSPS) is 14.0. The summed E-state index contributed by atoms with van der Waals surface area (Å²) in [5.41, 5.74) is 5.23. The van der Waals surface area contributed by atoms with Crippen molar-refractivity contribution in [3.8, 4) is 0 Å². The Kier molecular flexibility index (Phi) is 5.87. The molecule has 0 unspecified atom stereocenters. The van der Waals surface area contributed by atoms with Gasteiger partial charge in [0.2, 0.25) is 0 Å². The Hall–Kier alpha value is -2.72. The van der Waals surface area contributed by atoms with Crippen molar-refractivity contribution in [3.05, 3.63) is 81.7 Å². The zero-order chi connectivity index (χ0) is 21.1. The van der Waals surface area contributed by atoms with E-state index in [0.717, 1.165) is 41.1 Å². The van der Waals surface area contributed by atoms with Crippen LogP contribution in [-0.4, -0.2) is 12.1 Å². The molecule has 0 aliphatic heterocycles. The van der Waals surface area contributed by atoms with Crippen LogP contribution in [0.25, 0.3) is 0 Å². The lowest BCUT2D eigenvalue weighted by Crippen LogP contribution is -2.14. The molecule has 0 saturated carbocycles. The van der Waals surface area contributed by atoms with Crippen LogP contribution in [-0.2, 0) is 18.3 Å². The molecule has 1 aliphatic rings. The first-order valence-corrected chi connectivity index (χ1v) is 11.4. The van der Waals surface area contributed by atoms with E-state index in [1.807, 2.05) is 36.5 Å². The predicted molar refractivity (Wildman–Crippen MR) is 128 cm³/mol. The average Bonchev–Trinajstić information content (AvgIpc) is 3.11. The van der Waals surface area contributed by atoms with E-state index in [9.17, 15) is 4.79 Å². The lowest BCUT2D eigenvalue weighted by Gasteiger charge is -2.18. The number of thiophene rings is 1. The van der Waals surface area contributed by atoms with Crippen molar-refractivity contribution >= 4 is 34.1 Å². The summed E-state index contributed by atoms with van der Waals surface area (Å²) in [6, 6.07) is 18.1. The Morgan fingerprint density at radius 2 is 1.70 bits per heavy atom. The molecular formula is C26H28N2OS. The fraction of sp³-hybridized carbons (Fsp3) is 0.308. The molecular weight excluding hydrogens is 388 g/mol. The highest BCUT2D eigenvalue weighted by molar-refractivity contribution is 7.16. The minimum atomic E-state index is -0.0594. The van der Waals surface area contributed by atoms with Gasteiger partial charge in [-0.1, -0.05) is 63.2 Å². The molecule has 1 aromatic heterocycles. The SMILES string of the molecule is CC(C)(C)c1ccc(C=Nc2sc3c(c2C(=O)Nc2ccccc2)CCCC3)cc1. The molecule has 0 fully saturated rings. The van der Waals surface area contributed by atoms with Gasteiger partial charge in [-0.3, -0.25) is 4.79 Å². The van der Waals surface area contributed by atoms with Crippen molar-refractivity contribution in [2.75, 3.05) is 5.32 Å². The second-order valence-electron chi connectivity index (χ2n) is 8.84. The molecule has 3 aromatic rings. The van der Waals surface area contributed by atoms with E-state index >= 15 is 0 Å². The lowest BCUT2D eigenvalue weighted by molar-refractivity contribution is 0.102. The molecule has 0 atom stereocenters. The van der Waals surface area contributed by atoms with Gasteiger partial charge in [0.15, 0.2) is 0 Å². The standard InChI is InChI=1S/C26H28N2OS/c1-26(2,3)19-15-13-18(14-16-19)17-27-25-23(21-11-7-8-12-22(21)30-25)24(29)28-20-9-5-4-6-10-20/h4-6,9-10,13-17H,7-8,11-12H2,1-3H3,(H,28,29). The number of fused-ring (bicyclic) bond motifs is 1. The Morgan fingerprint density at radius 3 is 2.40 bits per heavy atom. The molecule has 1 heterocycles. The van der Waals surface area contributed by atoms with Crippen molar-refractivity contribution in [2.45, 2.75) is 51.9 Å². The first kappa shape index (κ1) is 20.5. The van der Waals surface area contributed by atoms with E-state index in [-0.39, 0.29) is 11.3 Å². The molecule has 1 aliphatic carbocycles. The van der Waals surface area contributed by atoms with Crippen molar-refractivity contribution < 1.29 is 4.79 Å². The number of nitrogens with zero attached hydrogens (tertiary/aromatic N) is 1. The maximum Gasteiger partial charge on any atom is 0.259 e. The van der Waals surface area contributed by atoms with Crippen LogP contribution in [0.1, 0.15) is 65.5 Å². The van der Waals surface area contributed by atoms with Crippen LogP contribution in [0.15, 0.2) is 59.6 Å². The molecule has 2 aromatic carbocycles. The Balaban J connectivity index is 1.63. The minimum Gasteiger partial charge on any atom is -0.322 e. The molecule has 0 radical (unpaired) electrons. The van der Waals surface area contributed by atoms with Gasteiger partial charge in [0.1, 0.15) is 5.00 Å². The number of carbonyl (C=O) groups excluding carboxylic acids is 1. The summed E-state index contributed by atoms with van der Waals surface area (Å²) in [7, 11) is 0. The van der Waals surface area contributed by atoms with Gasteiger partial charge in [0.05, 0.1) is 5.56 Å². The Bertz CT molecular complexity index is 1060. The summed E-state index contributed by atoms with van der Waals surface area (Å²) in [6.45, 7) is 6.64. The summed E-state index contributed by atoms with van der Waals surface area (Å²) in [5.74, 6) is -0.0594. The molecule has 4 heteroatoms. The van der Waals surface area contributed by atoms with Crippen molar-refractivity contribution in [3.63, 3.8) is 0 Å². The first-order valence-electron chi connectivity index (χ1n) is 10.6. The Labute approximate surface area is 182 Å². The van der Waals surface area contributed by atoms with Crippen LogP contribution in [0.5, 0.6) is 0 Å². The summed E-state index contributed by atoms with van der Waals surface area (Å²) in [5, 5.41) is 3.87. The van der Waals surface area contributed by atoms with Gasteiger partial charge in [-0.2, -0.15) is 0 Å². The van der Waals surface area contributed by atoms with Crippen LogP contribution in [0, 0.1) is 0 Å². The molecule has 4 rings (SSSR count). The third-order valence-corrected chi connectivity index (χ3v) is 6.72. The van der Waals surface area contributed by atoms with E-state index in [2.05, 4.69) is 50.4 Å². The van der Waals surface area contributed by atoms with Crippen LogP contribution in [0.3, 0.4) is 0 Å². The van der Waals surface area contributed by atoms with Crippen molar-refractivity contribution in [2.24, 2.45) is 4.99 Å². The number of anilines is 1. The molecule has 0 saturated heterocycles. The number of nitrogens with one attached hydrogen (secondary N) is 1. The van der Waals surface area contributed by atoms with Gasteiger partial charge in [-0.15, -0.1) is 11.3 Å². The van der Waals surface area contributed by atoms with Crippen LogP contribution in [0.2, 0.25) is 0 Å². The highest BCUT2D eigenvalue weighted by Gasteiger charge is 2.25. The summed E-state index contributed by atoms with van der Waals surface area (Å²) in [4.78, 5) is 19.2. The summed E-state index contributed by atoms with van der Waals surface area (Å²) in [6.07, 6.45) is 6.20. The van der Waals surface area contributed by atoms with E-state index in [4.69, 9.17) is 4.99 Å². The maximum atomic E-state index is 13.2. The third kappa shape index (κ3) is 4.54. The molecule has 3 nitrogen and oxygen atoms in total. The molecule has 1 amide bonds. The number of benzene rings is 2. The average molecular weight is 417 g/mol. The van der Waals surface area contributed by atoms with Gasteiger partial charge in [0.25, 0.3) is 5.91 Å². The van der Waals surface area contributed by atoms with Gasteiger partial charge in [-0.25, -0.2) is 4.99 Å². The van der Waals surface area contributed by atoms with Gasteiger partial charge in [0, 0.05) is 16.8 Å². The fourth-order valence-corrected chi connectivity index (χ4v) is 5.02. The highest BCUT2D eigenvalue weighted by Crippen LogP contribution is 2.40. The number of aryl methyl sites for hydroxylation is 1. The molecule has 30 heavy (non-hydrogen) atoms. The number of aliphatic imine (C=N–C) groups is 1. The zero-order valence-electron chi connectivity index (χ0n) is 17.9. The highest BCUT2D eigenvalue weighted by atomic mass is 32.1. The van der Waals surface area contributed by atoms with Crippen molar-refractivity contribution in [1.82, 2.24) is 0 Å². The largest absolute Gasteiger partial charge is 0.322 e. The van der Waals surface area contributed by atoms with Crippen LogP contribution < -0.4 is 5.32 Å². The molecule has 1 N–H and O–H groups in total. The zero-order valence-corrected chi connectivity index (χ0v) is 18.7. The van der Waals surface area contributed by atoms with E-state index in [0.29, 0.717) is 0 Å². The number of para-hydroxylation sites is 1. The third-order valence-electron chi connectivity index (χ3n) is 5.52. The quantitative estimate of drug-likeness (QED) is 0.460. The van der Waals surface area contributed by atoms with Gasteiger partial charge < -0.3 is 5.32 Å². The smallest absolute Gasteiger partial charge is 0.259 e. The monoisotopic (exact) mass is 416 g/mol. The summed E-state index contributed by atoms with van der Waals surface area (Å²) < 4.78 is 0. The molecule has 0 bridgehead atoms. The molecule has 0 spiro atoms. The Morgan fingerprint density at radius 1 is 1.00 bits per heavy atom. The number of carbonyl (C=O) groups is 1. The fourth-order valence-electron chi connectivity index (χ4n) is 3.79. The number of hydrogen-bond acceptors (Lipinski definition) is 3. The topological polar surface area (TPSA) is 41.5 Å². The van der Waals surface area contributed by atoms with Crippen LogP contribution in [0.4, 0.5) is 10.7 Å². The maximum absolute atomic E-state index is 13.2. The first-order chi connectivity index (χ1) is 14.4. The predicted octanol–water partition coefficient (Wildman–Crippen LogP) is 6.93. The van der Waals surface area contributed by atoms with Gasteiger partial charge >= 0.3 is 0 Å². The van der Waals surface area contributed by atoms with E-state index in [1.54, 1.807) is 11.3 Å². The van der Waals surface area contributed by atoms with E-state index < -0.39 is 0 Å². The van der Waals surface area contributed by atoms with Crippen LogP contribution >= 0.6 is 11.3 Å². The number of amides is 1. The van der Waals surface area contributed by atoms with E-state index in [1.165, 1.54) is 22.4 Å². The number of rotatable bonds is 4. The second kappa shape index (κ2) is 8.57.